The van der Waals surface area contributed by atoms with E-state index in [9.17, 15) is 9.59 Å². The standard InChI is InChI=1S/C23H34N2O3/c1-2-28-21-11-7-6-8-18(21)12-13-22(26)24-20-14-16-25(17-15-20)23(27)19-9-4-3-5-10-19/h6-8,11,19-20H,2-5,9-10,12-17H2,1H3,(H,24,26). The number of hydrogen-bond donors (Lipinski definition) is 1. The van der Waals surface area contributed by atoms with Gasteiger partial charge in [-0.05, 0) is 50.7 Å². The molecule has 0 spiro atoms. The first-order chi connectivity index (χ1) is 13.7. The lowest BCUT2D eigenvalue weighted by molar-refractivity contribution is -0.137. The summed E-state index contributed by atoms with van der Waals surface area (Å²) in [4.78, 5) is 27.1. The van der Waals surface area contributed by atoms with Crippen LogP contribution in [0, 0.1) is 5.92 Å². The number of hydrogen-bond acceptors (Lipinski definition) is 3. The fourth-order valence-electron chi connectivity index (χ4n) is 4.41. The Balaban J connectivity index is 1.39. The fraction of sp³-hybridized carbons (Fsp3) is 0.652. The molecule has 1 heterocycles. The maximum Gasteiger partial charge on any atom is 0.225 e. The van der Waals surface area contributed by atoms with Gasteiger partial charge < -0.3 is 15.0 Å². The predicted octanol–water partition coefficient (Wildman–Crippen LogP) is 3.71. The van der Waals surface area contributed by atoms with Gasteiger partial charge in [0.05, 0.1) is 6.61 Å². The molecule has 5 nitrogen and oxygen atoms in total. The average Bonchev–Trinajstić information content (AvgIpc) is 2.74. The molecule has 1 aliphatic carbocycles. The van der Waals surface area contributed by atoms with E-state index in [0.29, 0.717) is 25.4 Å². The topological polar surface area (TPSA) is 58.6 Å². The predicted molar refractivity (Wildman–Crippen MR) is 110 cm³/mol. The molecule has 1 saturated carbocycles. The number of aryl methyl sites for hydroxylation is 1. The number of ether oxygens (including phenoxy) is 1. The van der Waals surface area contributed by atoms with Gasteiger partial charge in [-0.1, -0.05) is 37.5 Å². The molecule has 1 saturated heterocycles. The Labute approximate surface area is 168 Å². The molecule has 5 heteroatoms. The van der Waals surface area contributed by atoms with E-state index >= 15 is 0 Å². The van der Waals surface area contributed by atoms with Crippen molar-refractivity contribution in [1.82, 2.24) is 10.2 Å². The summed E-state index contributed by atoms with van der Waals surface area (Å²) in [6.45, 7) is 4.14. The van der Waals surface area contributed by atoms with E-state index in [-0.39, 0.29) is 17.9 Å². The number of piperidine rings is 1. The Kier molecular flexibility index (Phi) is 7.75. The van der Waals surface area contributed by atoms with Crippen molar-refractivity contribution in [3.05, 3.63) is 29.8 Å². The molecule has 3 rings (SSSR count). The van der Waals surface area contributed by atoms with Gasteiger partial charge in [-0.2, -0.15) is 0 Å². The first-order valence-electron chi connectivity index (χ1n) is 11.0. The number of benzene rings is 1. The zero-order valence-electron chi connectivity index (χ0n) is 17.1. The van der Waals surface area contributed by atoms with Crippen LogP contribution in [0.2, 0.25) is 0 Å². The minimum atomic E-state index is 0.0864. The highest BCUT2D eigenvalue weighted by Gasteiger charge is 2.29. The van der Waals surface area contributed by atoms with Crippen LogP contribution >= 0.6 is 0 Å². The summed E-state index contributed by atoms with van der Waals surface area (Å²) in [6.07, 6.45) is 8.63. The zero-order chi connectivity index (χ0) is 19.8. The summed E-state index contributed by atoms with van der Waals surface area (Å²) in [5, 5.41) is 3.16. The quantitative estimate of drug-likeness (QED) is 0.777. The van der Waals surface area contributed by atoms with E-state index in [0.717, 1.165) is 50.1 Å². The largest absolute Gasteiger partial charge is 0.494 e. The molecule has 2 aliphatic rings. The third-order valence-corrected chi connectivity index (χ3v) is 6.02. The number of rotatable bonds is 7. The van der Waals surface area contributed by atoms with E-state index < -0.39 is 0 Å². The van der Waals surface area contributed by atoms with Crippen LogP contribution < -0.4 is 10.1 Å². The van der Waals surface area contributed by atoms with Gasteiger partial charge in [-0.3, -0.25) is 9.59 Å². The monoisotopic (exact) mass is 386 g/mol. The van der Waals surface area contributed by atoms with Gasteiger partial charge in [0.1, 0.15) is 5.75 Å². The van der Waals surface area contributed by atoms with Crippen LogP contribution in [0.15, 0.2) is 24.3 Å². The third-order valence-electron chi connectivity index (χ3n) is 6.02. The summed E-state index contributed by atoms with van der Waals surface area (Å²) < 4.78 is 5.63. The number of amides is 2. The lowest BCUT2D eigenvalue weighted by atomic mass is 9.87. The van der Waals surface area contributed by atoms with Crippen LogP contribution in [0.5, 0.6) is 5.75 Å². The van der Waals surface area contributed by atoms with E-state index in [1.54, 1.807) is 0 Å². The van der Waals surface area contributed by atoms with Crippen molar-refractivity contribution in [3.63, 3.8) is 0 Å². The molecule has 0 aromatic heterocycles. The summed E-state index contributed by atoms with van der Waals surface area (Å²) in [5.74, 6) is 1.54. The Morgan fingerprint density at radius 1 is 1.07 bits per heavy atom. The Morgan fingerprint density at radius 2 is 1.79 bits per heavy atom. The highest BCUT2D eigenvalue weighted by atomic mass is 16.5. The minimum Gasteiger partial charge on any atom is -0.494 e. The average molecular weight is 387 g/mol. The van der Waals surface area contributed by atoms with Crippen LogP contribution in [-0.4, -0.2) is 42.5 Å². The van der Waals surface area contributed by atoms with E-state index in [1.165, 1.54) is 19.3 Å². The summed E-state index contributed by atoms with van der Waals surface area (Å²) in [7, 11) is 0. The molecular weight excluding hydrogens is 352 g/mol. The second kappa shape index (κ2) is 10.5. The van der Waals surface area contributed by atoms with Crippen molar-refractivity contribution in [2.24, 2.45) is 5.92 Å². The SMILES string of the molecule is CCOc1ccccc1CCC(=O)NC1CCN(C(=O)C2CCCCC2)CC1. The van der Waals surface area contributed by atoms with Crippen LogP contribution in [0.4, 0.5) is 0 Å². The van der Waals surface area contributed by atoms with Gasteiger partial charge in [-0.25, -0.2) is 0 Å². The first-order valence-corrected chi connectivity index (χ1v) is 11.0. The number of carbonyl (C=O) groups is 2. The highest BCUT2D eigenvalue weighted by molar-refractivity contribution is 5.79. The zero-order valence-corrected chi connectivity index (χ0v) is 17.1. The Morgan fingerprint density at radius 3 is 2.50 bits per heavy atom. The summed E-state index contributed by atoms with van der Waals surface area (Å²) >= 11 is 0. The molecule has 154 valence electrons. The van der Waals surface area contributed by atoms with Crippen molar-refractivity contribution < 1.29 is 14.3 Å². The summed E-state index contributed by atoms with van der Waals surface area (Å²) in [5.41, 5.74) is 1.08. The molecule has 1 aromatic carbocycles. The van der Waals surface area contributed by atoms with Gasteiger partial charge in [0.15, 0.2) is 0 Å². The molecule has 0 atom stereocenters. The van der Waals surface area contributed by atoms with Crippen LogP contribution in [-0.2, 0) is 16.0 Å². The number of nitrogens with zero attached hydrogens (tertiary/aromatic N) is 1. The van der Waals surface area contributed by atoms with Gasteiger partial charge in [0.25, 0.3) is 0 Å². The number of likely N-dealkylation sites (tertiary alicyclic amines) is 1. The van der Waals surface area contributed by atoms with Crippen LogP contribution in [0.1, 0.15) is 63.9 Å². The third kappa shape index (κ3) is 5.73. The first kappa shape index (κ1) is 20.7. The van der Waals surface area contributed by atoms with Crippen molar-refractivity contribution in [1.29, 1.82) is 0 Å². The maximum absolute atomic E-state index is 12.7. The number of carbonyl (C=O) groups excluding carboxylic acids is 2. The molecule has 0 radical (unpaired) electrons. The lowest BCUT2D eigenvalue weighted by Gasteiger charge is -2.35. The molecule has 0 unspecified atom stereocenters. The lowest BCUT2D eigenvalue weighted by Crippen LogP contribution is -2.48. The van der Waals surface area contributed by atoms with Crippen molar-refractivity contribution in [3.8, 4) is 5.75 Å². The van der Waals surface area contributed by atoms with Gasteiger partial charge in [0, 0.05) is 31.5 Å². The minimum absolute atomic E-state index is 0.0864. The molecule has 1 aliphatic heterocycles. The maximum atomic E-state index is 12.7. The van der Waals surface area contributed by atoms with E-state index in [4.69, 9.17) is 4.74 Å². The van der Waals surface area contributed by atoms with Crippen molar-refractivity contribution >= 4 is 11.8 Å². The van der Waals surface area contributed by atoms with E-state index in [2.05, 4.69) is 5.32 Å². The van der Waals surface area contributed by atoms with Gasteiger partial charge in [-0.15, -0.1) is 0 Å². The van der Waals surface area contributed by atoms with Crippen LogP contribution in [0.3, 0.4) is 0 Å². The second-order valence-corrected chi connectivity index (χ2v) is 8.04. The Bertz CT molecular complexity index is 647. The molecule has 1 aromatic rings. The normalized spacial score (nSPS) is 18.7. The molecule has 2 amide bonds. The molecular formula is C23H34N2O3. The number of para-hydroxylation sites is 1. The van der Waals surface area contributed by atoms with Gasteiger partial charge in [0.2, 0.25) is 11.8 Å². The smallest absolute Gasteiger partial charge is 0.225 e. The summed E-state index contributed by atoms with van der Waals surface area (Å²) in [6, 6.07) is 8.10. The molecule has 0 bridgehead atoms. The highest BCUT2D eigenvalue weighted by Crippen LogP contribution is 2.26. The molecule has 28 heavy (non-hydrogen) atoms. The molecule has 2 fully saturated rings. The fourth-order valence-corrected chi connectivity index (χ4v) is 4.41. The second-order valence-electron chi connectivity index (χ2n) is 8.04. The van der Waals surface area contributed by atoms with E-state index in [1.807, 2.05) is 36.1 Å². The van der Waals surface area contributed by atoms with Crippen LogP contribution in [0.25, 0.3) is 0 Å². The Hall–Kier alpha value is -2.04. The number of nitrogens with one attached hydrogen (secondary N) is 1. The van der Waals surface area contributed by atoms with Crippen molar-refractivity contribution in [2.75, 3.05) is 19.7 Å². The van der Waals surface area contributed by atoms with Gasteiger partial charge >= 0.3 is 0 Å². The molecule has 1 N–H and O–H groups in total. The van der Waals surface area contributed by atoms with Crippen molar-refractivity contribution in [2.45, 2.75) is 70.8 Å².